The van der Waals surface area contributed by atoms with Crippen molar-refractivity contribution in [3.05, 3.63) is 75.2 Å². The van der Waals surface area contributed by atoms with E-state index in [-0.39, 0.29) is 10.7 Å². The number of hydrogen-bond acceptors (Lipinski definition) is 3. The molecule has 0 radical (unpaired) electrons. The highest BCUT2D eigenvalue weighted by atomic mass is 79.9. The van der Waals surface area contributed by atoms with Crippen molar-refractivity contribution in [2.24, 2.45) is 0 Å². The molecule has 0 saturated carbocycles. The number of benzene rings is 3. The lowest BCUT2D eigenvalue weighted by Crippen LogP contribution is -2.34. The monoisotopic (exact) mass is 462 g/mol. The molecule has 0 atom stereocenters. The average Bonchev–Trinajstić information content (AvgIpc) is 2.63. The summed E-state index contributed by atoms with van der Waals surface area (Å²) in [5.41, 5.74) is 0.956. The highest BCUT2D eigenvalue weighted by Gasteiger charge is 2.14. The van der Waals surface area contributed by atoms with Crippen molar-refractivity contribution in [3.8, 4) is 0 Å². The van der Waals surface area contributed by atoms with Gasteiger partial charge in [-0.15, -0.1) is 0 Å². The van der Waals surface area contributed by atoms with Crippen molar-refractivity contribution in [1.29, 1.82) is 0 Å². The smallest absolute Gasteiger partial charge is 0.335 e. The van der Waals surface area contributed by atoms with E-state index in [0.29, 0.717) is 26.1 Å². The van der Waals surface area contributed by atoms with Gasteiger partial charge in [0.1, 0.15) is 0 Å². The van der Waals surface area contributed by atoms with Crippen molar-refractivity contribution in [1.82, 2.24) is 5.32 Å². The van der Waals surface area contributed by atoms with E-state index >= 15 is 0 Å². The fraction of sp³-hybridized carbons (Fsp3) is 0. The second-order valence-electron chi connectivity index (χ2n) is 5.55. The number of halogens is 2. The number of carboxylic acids is 1. The van der Waals surface area contributed by atoms with E-state index < -0.39 is 11.9 Å². The summed E-state index contributed by atoms with van der Waals surface area (Å²) < 4.78 is 0.612. The Balaban J connectivity index is 1.81. The topological polar surface area (TPSA) is 78.4 Å². The summed E-state index contributed by atoms with van der Waals surface area (Å²) >= 11 is 14.7. The number of carbonyl (C=O) groups is 2. The predicted molar refractivity (Wildman–Crippen MR) is 114 cm³/mol. The molecule has 0 aliphatic heterocycles. The highest BCUT2D eigenvalue weighted by Crippen LogP contribution is 2.26. The fourth-order valence-corrected chi connectivity index (χ4v) is 3.33. The first-order valence-corrected chi connectivity index (χ1v) is 9.27. The molecule has 136 valence electrons. The molecule has 0 spiro atoms. The molecule has 3 N–H and O–H groups in total. The van der Waals surface area contributed by atoms with Gasteiger partial charge in [0.25, 0.3) is 5.91 Å². The summed E-state index contributed by atoms with van der Waals surface area (Å²) in [6.07, 6.45) is 0. The molecular formula is C19H12BrClN2O3S. The first-order chi connectivity index (χ1) is 12.9. The van der Waals surface area contributed by atoms with Crippen LogP contribution in [0.1, 0.15) is 20.7 Å². The van der Waals surface area contributed by atoms with Crippen LogP contribution in [-0.2, 0) is 0 Å². The molecule has 0 bridgehead atoms. The van der Waals surface area contributed by atoms with E-state index in [2.05, 4.69) is 26.6 Å². The summed E-state index contributed by atoms with van der Waals surface area (Å²) in [7, 11) is 0. The fourth-order valence-electron chi connectivity index (χ4n) is 2.55. The van der Waals surface area contributed by atoms with E-state index in [4.69, 9.17) is 28.9 Å². The number of carbonyl (C=O) groups excluding carboxylic acids is 1. The third-order valence-electron chi connectivity index (χ3n) is 3.80. The summed E-state index contributed by atoms with van der Waals surface area (Å²) in [5, 5.41) is 16.6. The number of thiocarbonyl (C=S) groups is 1. The molecular weight excluding hydrogens is 452 g/mol. The van der Waals surface area contributed by atoms with Gasteiger partial charge < -0.3 is 10.4 Å². The normalized spacial score (nSPS) is 10.4. The van der Waals surface area contributed by atoms with Crippen molar-refractivity contribution in [2.45, 2.75) is 0 Å². The zero-order valence-electron chi connectivity index (χ0n) is 13.6. The summed E-state index contributed by atoms with van der Waals surface area (Å²) in [6.45, 7) is 0. The number of fused-ring (bicyclic) bond motifs is 1. The molecule has 3 rings (SSSR count). The second-order valence-corrected chi connectivity index (χ2v) is 7.22. The number of hydrogen-bond donors (Lipinski definition) is 3. The molecule has 5 nitrogen and oxygen atoms in total. The number of aromatic carboxylic acids is 1. The molecule has 0 aliphatic rings. The second kappa shape index (κ2) is 8.04. The molecule has 8 heteroatoms. The van der Waals surface area contributed by atoms with Crippen molar-refractivity contribution in [2.75, 3.05) is 5.32 Å². The number of rotatable bonds is 3. The van der Waals surface area contributed by atoms with Gasteiger partial charge in [0.05, 0.1) is 11.3 Å². The van der Waals surface area contributed by atoms with E-state index in [1.54, 1.807) is 36.4 Å². The third-order valence-corrected chi connectivity index (χ3v) is 5.03. The van der Waals surface area contributed by atoms with Gasteiger partial charge in [-0.25, -0.2) is 4.79 Å². The van der Waals surface area contributed by atoms with Crippen LogP contribution in [-0.4, -0.2) is 22.1 Å². The van der Waals surface area contributed by atoms with Crippen LogP contribution in [0, 0.1) is 0 Å². The standard InChI is InChI=1S/C19H12BrClN2O3S/c20-14-8-7-10(18(25)26)9-16(14)22-19(27)23-17(24)13-5-1-4-12-11(13)3-2-6-15(12)21/h1-9H,(H,25,26)(H2,22,23,24,27). The number of anilines is 1. The molecule has 1 amide bonds. The van der Waals surface area contributed by atoms with Gasteiger partial charge in [0.2, 0.25) is 0 Å². The molecule has 0 unspecified atom stereocenters. The SMILES string of the molecule is O=C(O)c1ccc(Br)c(NC(=S)NC(=O)c2cccc3c(Cl)cccc23)c1. The highest BCUT2D eigenvalue weighted by molar-refractivity contribution is 9.10. The van der Waals surface area contributed by atoms with Gasteiger partial charge in [-0.1, -0.05) is 35.9 Å². The van der Waals surface area contributed by atoms with Crippen LogP contribution in [0.2, 0.25) is 5.02 Å². The molecule has 3 aromatic carbocycles. The van der Waals surface area contributed by atoms with E-state index in [9.17, 15) is 9.59 Å². The van der Waals surface area contributed by atoms with Gasteiger partial charge >= 0.3 is 5.97 Å². The number of amides is 1. The van der Waals surface area contributed by atoms with Crippen molar-refractivity contribution in [3.63, 3.8) is 0 Å². The van der Waals surface area contributed by atoms with Crippen LogP contribution in [0.5, 0.6) is 0 Å². The lowest BCUT2D eigenvalue weighted by molar-refractivity contribution is 0.0696. The largest absolute Gasteiger partial charge is 0.478 e. The summed E-state index contributed by atoms with van der Waals surface area (Å²) in [5.74, 6) is -1.46. The first kappa shape index (κ1) is 19.3. The van der Waals surface area contributed by atoms with Gasteiger partial charge in [0.15, 0.2) is 5.11 Å². The minimum absolute atomic E-state index is 0.0438. The Morgan fingerprint density at radius 2 is 1.74 bits per heavy atom. The molecule has 27 heavy (non-hydrogen) atoms. The Morgan fingerprint density at radius 1 is 1.04 bits per heavy atom. The molecule has 3 aromatic rings. The maximum Gasteiger partial charge on any atom is 0.335 e. The molecule has 0 heterocycles. The summed E-state index contributed by atoms with van der Waals surface area (Å²) in [4.78, 5) is 23.8. The maximum absolute atomic E-state index is 12.6. The average molecular weight is 464 g/mol. The van der Waals surface area contributed by atoms with Crippen LogP contribution in [0.25, 0.3) is 10.8 Å². The zero-order valence-corrected chi connectivity index (χ0v) is 16.8. The van der Waals surface area contributed by atoms with Crippen molar-refractivity contribution >= 4 is 73.2 Å². The summed E-state index contributed by atoms with van der Waals surface area (Å²) in [6, 6.07) is 15.0. The van der Waals surface area contributed by atoms with E-state index in [1.165, 1.54) is 12.1 Å². The molecule has 0 aliphatic carbocycles. The van der Waals surface area contributed by atoms with Crippen LogP contribution in [0.15, 0.2) is 59.1 Å². The van der Waals surface area contributed by atoms with Gasteiger partial charge in [-0.05, 0) is 63.9 Å². The lowest BCUT2D eigenvalue weighted by atomic mass is 10.0. The Labute approximate surface area is 173 Å². The lowest BCUT2D eigenvalue weighted by Gasteiger charge is -2.13. The number of nitrogens with one attached hydrogen (secondary N) is 2. The molecule has 0 saturated heterocycles. The third kappa shape index (κ3) is 4.27. The van der Waals surface area contributed by atoms with E-state index in [1.807, 2.05) is 6.07 Å². The Kier molecular flexibility index (Phi) is 5.74. The molecule has 0 aromatic heterocycles. The Hall–Kier alpha value is -2.48. The van der Waals surface area contributed by atoms with Crippen LogP contribution >= 0.6 is 39.7 Å². The number of carboxylic acid groups (broad SMARTS) is 1. The predicted octanol–water partition coefficient (Wildman–Crippen LogP) is 5.08. The van der Waals surface area contributed by atoms with Crippen LogP contribution in [0.4, 0.5) is 5.69 Å². The van der Waals surface area contributed by atoms with Crippen LogP contribution in [0.3, 0.4) is 0 Å². The minimum Gasteiger partial charge on any atom is -0.478 e. The van der Waals surface area contributed by atoms with Gasteiger partial charge in [-0.2, -0.15) is 0 Å². The van der Waals surface area contributed by atoms with Gasteiger partial charge in [0, 0.05) is 20.4 Å². The first-order valence-electron chi connectivity index (χ1n) is 7.69. The Bertz CT molecular complexity index is 1090. The Morgan fingerprint density at radius 3 is 2.48 bits per heavy atom. The quantitative estimate of drug-likeness (QED) is 0.472. The maximum atomic E-state index is 12.6. The van der Waals surface area contributed by atoms with Gasteiger partial charge in [-0.3, -0.25) is 10.1 Å². The minimum atomic E-state index is -1.06. The van der Waals surface area contributed by atoms with E-state index in [0.717, 1.165) is 5.39 Å². The zero-order chi connectivity index (χ0) is 19.6. The van der Waals surface area contributed by atoms with Crippen LogP contribution < -0.4 is 10.6 Å². The van der Waals surface area contributed by atoms with Crippen molar-refractivity contribution < 1.29 is 14.7 Å². The molecule has 0 fully saturated rings.